The Balaban J connectivity index is 2.14. The number of hydrogen-bond donors (Lipinski definition) is 2. The van der Waals surface area contributed by atoms with Gasteiger partial charge in [-0.2, -0.15) is 0 Å². The fraction of sp³-hybridized carbons (Fsp3) is 0.0833. The first-order valence-electron chi connectivity index (χ1n) is 5.53. The van der Waals surface area contributed by atoms with Crippen LogP contribution in [-0.4, -0.2) is 19.5 Å². The maximum absolute atomic E-state index is 7.72. The monoisotopic (exact) mass is 385 g/mol. The molecule has 96 valence electrons. The molecule has 0 amide bonds. The zero-order valence-electron chi connectivity index (χ0n) is 9.69. The molecule has 2 N–H and O–H groups in total. The van der Waals surface area contributed by atoms with Gasteiger partial charge in [0.25, 0.3) is 0 Å². The van der Waals surface area contributed by atoms with Gasteiger partial charge in [-0.15, -0.1) is 0 Å². The van der Waals surface area contributed by atoms with Crippen molar-refractivity contribution in [2.24, 2.45) is 0 Å². The molecular weight excluding hydrogens is 377 g/mol. The van der Waals surface area contributed by atoms with Crippen LogP contribution in [0.2, 0.25) is 5.02 Å². The molecule has 0 bridgehead atoms. The van der Waals surface area contributed by atoms with E-state index < -0.39 is 0 Å². The Morgan fingerprint density at radius 3 is 3.00 bits per heavy atom. The van der Waals surface area contributed by atoms with Gasteiger partial charge >= 0.3 is 0 Å². The summed E-state index contributed by atoms with van der Waals surface area (Å²) in [4.78, 5) is 11.2. The molecule has 0 unspecified atom stereocenters. The molecule has 3 rings (SSSR count). The van der Waals surface area contributed by atoms with Crippen molar-refractivity contribution in [1.29, 1.82) is 5.41 Å². The van der Waals surface area contributed by atoms with Crippen LogP contribution in [0.1, 0.15) is 5.56 Å². The van der Waals surface area contributed by atoms with Crippen LogP contribution in [0.4, 0.5) is 0 Å². The van der Waals surface area contributed by atoms with Crippen molar-refractivity contribution in [3.8, 4) is 0 Å². The highest BCUT2D eigenvalue weighted by Crippen LogP contribution is 2.23. The van der Waals surface area contributed by atoms with Gasteiger partial charge in [0, 0.05) is 14.2 Å². The minimum atomic E-state index is 0.192. The molecule has 3 aromatic rings. The van der Waals surface area contributed by atoms with Gasteiger partial charge < -0.3 is 9.55 Å². The lowest BCUT2D eigenvalue weighted by atomic mass is 10.2. The topological polar surface area (TPSA) is 70.3 Å². The molecule has 0 radical (unpaired) electrons. The number of fused-ring (bicyclic) bond motifs is 1. The Morgan fingerprint density at radius 2 is 2.21 bits per heavy atom. The molecule has 19 heavy (non-hydrogen) atoms. The minimum Gasteiger partial charge on any atom is -0.340 e. The first-order chi connectivity index (χ1) is 9.16. The van der Waals surface area contributed by atoms with Crippen molar-refractivity contribution in [2.75, 3.05) is 0 Å². The van der Waals surface area contributed by atoms with Crippen LogP contribution in [-0.2, 0) is 6.54 Å². The van der Waals surface area contributed by atoms with E-state index in [1.807, 2.05) is 22.8 Å². The lowest BCUT2D eigenvalue weighted by Gasteiger charge is -2.10. The number of imidazole rings is 1. The Morgan fingerprint density at radius 1 is 1.37 bits per heavy atom. The average Bonchev–Trinajstić information content (AvgIpc) is 2.87. The van der Waals surface area contributed by atoms with Crippen molar-refractivity contribution in [3.63, 3.8) is 0 Å². The maximum atomic E-state index is 7.72. The molecule has 0 spiro atoms. The van der Waals surface area contributed by atoms with E-state index in [9.17, 15) is 0 Å². The van der Waals surface area contributed by atoms with E-state index in [1.54, 1.807) is 12.7 Å². The SMILES string of the molecule is N=c1ncn(Cc2c(Cl)cccc2I)c2nc[nH]c12. The van der Waals surface area contributed by atoms with E-state index >= 15 is 0 Å². The standard InChI is InChI=1S/C12H9ClIN5/c13-8-2-1-3-9(14)7(8)4-19-6-18-11(15)10-12(19)17-5-16-10/h1-3,5-6,15H,4H2,(H,16,17). The summed E-state index contributed by atoms with van der Waals surface area (Å²) >= 11 is 8.49. The minimum absolute atomic E-state index is 0.192. The van der Waals surface area contributed by atoms with Gasteiger partial charge in [-0.05, 0) is 34.7 Å². The van der Waals surface area contributed by atoms with E-state index in [0.29, 0.717) is 17.7 Å². The van der Waals surface area contributed by atoms with Gasteiger partial charge in [-0.1, -0.05) is 17.7 Å². The second kappa shape index (κ2) is 4.93. The van der Waals surface area contributed by atoms with E-state index in [4.69, 9.17) is 17.0 Å². The van der Waals surface area contributed by atoms with Crippen LogP contribution in [0.5, 0.6) is 0 Å². The first-order valence-corrected chi connectivity index (χ1v) is 6.98. The van der Waals surface area contributed by atoms with Crippen molar-refractivity contribution in [1.82, 2.24) is 19.5 Å². The Bertz CT molecular complexity index is 787. The quantitative estimate of drug-likeness (QED) is 0.666. The predicted octanol–water partition coefficient (Wildman–Crippen LogP) is 2.55. The third-order valence-corrected chi connectivity index (χ3v) is 4.21. The van der Waals surface area contributed by atoms with E-state index in [2.05, 4.69) is 37.5 Å². The number of hydrogen-bond acceptors (Lipinski definition) is 3. The molecule has 0 aliphatic carbocycles. The van der Waals surface area contributed by atoms with Crippen molar-refractivity contribution >= 4 is 45.4 Å². The fourth-order valence-electron chi connectivity index (χ4n) is 1.90. The number of aromatic amines is 1. The molecular formula is C12H9ClIN5. The third kappa shape index (κ3) is 2.25. The highest BCUT2D eigenvalue weighted by Gasteiger charge is 2.09. The number of aromatic nitrogens is 4. The summed E-state index contributed by atoms with van der Waals surface area (Å²) in [7, 11) is 0. The molecule has 0 saturated carbocycles. The number of H-pyrrole nitrogens is 1. The fourth-order valence-corrected chi connectivity index (χ4v) is 2.96. The van der Waals surface area contributed by atoms with Crippen molar-refractivity contribution < 1.29 is 0 Å². The maximum Gasteiger partial charge on any atom is 0.173 e. The van der Waals surface area contributed by atoms with Crippen LogP contribution >= 0.6 is 34.2 Å². The molecule has 0 atom stereocenters. The zero-order valence-corrected chi connectivity index (χ0v) is 12.6. The van der Waals surface area contributed by atoms with Gasteiger partial charge in [0.1, 0.15) is 5.52 Å². The number of rotatable bonds is 2. The Labute approximate surface area is 127 Å². The van der Waals surface area contributed by atoms with Crippen molar-refractivity contribution in [3.05, 3.63) is 50.5 Å². The largest absolute Gasteiger partial charge is 0.340 e. The summed E-state index contributed by atoms with van der Waals surface area (Å²) in [5.41, 5.74) is 2.55. The van der Waals surface area contributed by atoms with Crippen LogP contribution < -0.4 is 5.49 Å². The molecule has 0 saturated heterocycles. The highest BCUT2D eigenvalue weighted by molar-refractivity contribution is 14.1. The number of nitrogens with zero attached hydrogens (tertiary/aromatic N) is 3. The second-order valence-electron chi connectivity index (χ2n) is 4.02. The summed E-state index contributed by atoms with van der Waals surface area (Å²) in [6, 6.07) is 5.80. The zero-order chi connectivity index (χ0) is 13.4. The molecule has 1 aromatic carbocycles. The van der Waals surface area contributed by atoms with E-state index in [0.717, 1.165) is 14.2 Å². The summed E-state index contributed by atoms with van der Waals surface area (Å²) in [6.07, 6.45) is 3.18. The Kier molecular flexibility index (Phi) is 3.28. The molecule has 2 aromatic heterocycles. The lowest BCUT2D eigenvalue weighted by Crippen LogP contribution is -2.13. The van der Waals surface area contributed by atoms with Crippen LogP contribution in [0.3, 0.4) is 0 Å². The molecule has 0 fully saturated rings. The number of nitrogens with one attached hydrogen (secondary N) is 2. The molecule has 5 nitrogen and oxygen atoms in total. The molecule has 7 heteroatoms. The van der Waals surface area contributed by atoms with Crippen LogP contribution in [0.15, 0.2) is 30.9 Å². The van der Waals surface area contributed by atoms with Gasteiger partial charge in [0.15, 0.2) is 11.1 Å². The van der Waals surface area contributed by atoms with E-state index in [-0.39, 0.29) is 5.49 Å². The summed E-state index contributed by atoms with van der Waals surface area (Å²) in [6.45, 7) is 0.576. The second-order valence-corrected chi connectivity index (χ2v) is 5.59. The molecule has 2 heterocycles. The number of benzene rings is 1. The summed E-state index contributed by atoms with van der Waals surface area (Å²) in [5, 5.41) is 8.44. The van der Waals surface area contributed by atoms with Gasteiger partial charge in [-0.3, -0.25) is 5.41 Å². The van der Waals surface area contributed by atoms with Crippen LogP contribution in [0.25, 0.3) is 11.2 Å². The summed E-state index contributed by atoms with van der Waals surface area (Å²) < 4.78 is 2.98. The average molecular weight is 386 g/mol. The summed E-state index contributed by atoms with van der Waals surface area (Å²) in [5.74, 6) is 0. The van der Waals surface area contributed by atoms with E-state index in [1.165, 1.54) is 0 Å². The van der Waals surface area contributed by atoms with Gasteiger partial charge in [0.05, 0.1) is 19.2 Å². The van der Waals surface area contributed by atoms with Gasteiger partial charge in [-0.25, -0.2) is 9.97 Å². The molecule has 0 aliphatic rings. The third-order valence-electron chi connectivity index (χ3n) is 2.84. The highest BCUT2D eigenvalue weighted by atomic mass is 127. The normalized spacial score (nSPS) is 11.1. The Hall–Kier alpha value is -1.41. The first kappa shape index (κ1) is 12.6. The predicted molar refractivity (Wildman–Crippen MR) is 81.0 cm³/mol. The van der Waals surface area contributed by atoms with Crippen LogP contribution in [0, 0.1) is 8.98 Å². The smallest absolute Gasteiger partial charge is 0.173 e. The molecule has 0 aliphatic heterocycles. The van der Waals surface area contributed by atoms with Gasteiger partial charge in [0.2, 0.25) is 0 Å². The number of halogens is 2. The lowest BCUT2D eigenvalue weighted by molar-refractivity contribution is 0.781. The van der Waals surface area contributed by atoms with Crippen molar-refractivity contribution in [2.45, 2.75) is 6.54 Å².